The Morgan fingerprint density at radius 1 is 1.24 bits per heavy atom. The van der Waals surface area contributed by atoms with E-state index in [1.54, 1.807) is 15.6 Å². The van der Waals surface area contributed by atoms with E-state index in [0.29, 0.717) is 18.3 Å². The lowest BCUT2D eigenvalue weighted by Crippen LogP contribution is -2.42. The molecule has 0 radical (unpaired) electrons. The molecule has 1 fully saturated rings. The number of hydrogen-bond acceptors (Lipinski definition) is 5. The van der Waals surface area contributed by atoms with Crippen molar-refractivity contribution in [2.45, 2.75) is 52.6 Å². The molecular formula is C18H26N2O3S2. The zero-order chi connectivity index (χ0) is 18.0. The minimum absolute atomic E-state index is 0.0406. The van der Waals surface area contributed by atoms with Crippen molar-refractivity contribution < 1.29 is 13.2 Å². The first-order valence-corrected chi connectivity index (χ1v) is 11.3. The average Bonchev–Trinajstić information content (AvgIpc) is 3.02. The minimum Gasteiger partial charge on any atom is -0.467 e. The second-order valence-corrected chi connectivity index (χ2v) is 9.79. The van der Waals surface area contributed by atoms with Crippen molar-refractivity contribution in [1.29, 1.82) is 0 Å². The molecule has 138 valence electrons. The van der Waals surface area contributed by atoms with E-state index in [4.69, 9.17) is 4.74 Å². The van der Waals surface area contributed by atoms with Gasteiger partial charge in [-0.2, -0.15) is 0 Å². The highest BCUT2D eigenvalue weighted by molar-refractivity contribution is 7.89. The standard InChI is InChI=1S/C18H26N2O3S2/c1-4-5-12-25(21,22)20-10-8-15(9-11-20)23-18-19-16-13(2)6-7-14(3)17(16)24-18/h6-7,15H,4-5,8-12H2,1-3H3. The van der Waals surface area contributed by atoms with Gasteiger partial charge in [0.2, 0.25) is 10.0 Å². The maximum Gasteiger partial charge on any atom is 0.274 e. The lowest BCUT2D eigenvalue weighted by atomic mass is 10.1. The van der Waals surface area contributed by atoms with Crippen molar-refractivity contribution in [3.8, 4) is 5.19 Å². The van der Waals surface area contributed by atoms with E-state index in [1.807, 2.05) is 6.92 Å². The Kier molecular flexibility index (Phi) is 5.65. The molecule has 0 aliphatic carbocycles. The average molecular weight is 383 g/mol. The van der Waals surface area contributed by atoms with E-state index in [2.05, 4.69) is 31.0 Å². The number of piperidine rings is 1. The summed E-state index contributed by atoms with van der Waals surface area (Å²) in [5, 5.41) is 0.694. The Bertz CT molecular complexity index is 798. The first-order chi connectivity index (χ1) is 11.9. The molecule has 25 heavy (non-hydrogen) atoms. The van der Waals surface area contributed by atoms with Crippen molar-refractivity contribution in [2.24, 2.45) is 0 Å². The van der Waals surface area contributed by atoms with Crippen LogP contribution in [-0.4, -0.2) is 42.7 Å². The SMILES string of the molecule is CCCCS(=O)(=O)N1CCC(Oc2nc3c(C)ccc(C)c3s2)CC1. The fraction of sp³-hybridized carbons (Fsp3) is 0.611. The van der Waals surface area contributed by atoms with Crippen molar-refractivity contribution in [1.82, 2.24) is 9.29 Å². The molecule has 1 aliphatic heterocycles. The van der Waals surface area contributed by atoms with Gasteiger partial charge in [0, 0.05) is 13.1 Å². The van der Waals surface area contributed by atoms with Gasteiger partial charge in [0.25, 0.3) is 5.19 Å². The van der Waals surface area contributed by atoms with Gasteiger partial charge in [0.1, 0.15) is 6.10 Å². The third-order valence-corrected chi connectivity index (χ3v) is 7.78. The van der Waals surface area contributed by atoms with Crippen LogP contribution in [0.4, 0.5) is 0 Å². The number of ether oxygens (including phenoxy) is 1. The normalized spacial score (nSPS) is 17.2. The molecule has 0 atom stereocenters. The topological polar surface area (TPSA) is 59.5 Å². The summed E-state index contributed by atoms with van der Waals surface area (Å²) in [5.41, 5.74) is 3.38. The van der Waals surface area contributed by atoms with E-state index in [-0.39, 0.29) is 11.9 Å². The Hall–Kier alpha value is -1.18. The number of aromatic nitrogens is 1. The largest absolute Gasteiger partial charge is 0.467 e. The Morgan fingerprint density at radius 2 is 1.92 bits per heavy atom. The molecule has 2 aromatic rings. The van der Waals surface area contributed by atoms with Gasteiger partial charge >= 0.3 is 0 Å². The lowest BCUT2D eigenvalue weighted by Gasteiger charge is -2.30. The summed E-state index contributed by atoms with van der Waals surface area (Å²) in [6.07, 6.45) is 3.11. The molecule has 1 aromatic carbocycles. The van der Waals surface area contributed by atoms with Crippen LogP contribution in [0.25, 0.3) is 10.2 Å². The van der Waals surface area contributed by atoms with Crippen molar-refractivity contribution in [3.63, 3.8) is 0 Å². The van der Waals surface area contributed by atoms with Crippen LogP contribution in [0.15, 0.2) is 12.1 Å². The summed E-state index contributed by atoms with van der Waals surface area (Å²) >= 11 is 1.58. The number of nitrogens with zero attached hydrogens (tertiary/aromatic N) is 2. The number of thiazole rings is 1. The summed E-state index contributed by atoms with van der Waals surface area (Å²) in [6, 6.07) is 4.19. The monoisotopic (exact) mass is 382 g/mol. The molecule has 1 aromatic heterocycles. The second-order valence-electron chi connectivity index (χ2n) is 6.74. The fourth-order valence-corrected chi connectivity index (χ4v) is 5.82. The number of hydrogen-bond donors (Lipinski definition) is 0. The highest BCUT2D eigenvalue weighted by Crippen LogP contribution is 2.33. The van der Waals surface area contributed by atoms with Gasteiger partial charge in [-0.25, -0.2) is 17.7 Å². The summed E-state index contributed by atoms with van der Waals surface area (Å²) in [4.78, 5) is 4.64. The number of unbranched alkanes of at least 4 members (excludes halogenated alkanes) is 1. The fourth-order valence-electron chi connectivity index (χ4n) is 3.12. The van der Waals surface area contributed by atoms with E-state index in [0.717, 1.165) is 36.8 Å². The van der Waals surface area contributed by atoms with Gasteiger partial charge in [-0.05, 0) is 44.2 Å². The Balaban J connectivity index is 1.63. The first kappa shape index (κ1) is 18.6. The third kappa shape index (κ3) is 4.15. The van der Waals surface area contributed by atoms with E-state index in [9.17, 15) is 8.42 Å². The number of fused-ring (bicyclic) bond motifs is 1. The minimum atomic E-state index is -3.11. The molecule has 3 rings (SSSR count). The predicted octanol–water partition coefficient (Wildman–Crippen LogP) is 3.89. The molecule has 7 heteroatoms. The first-order valence-electron chi connectivity index (χ1n) is 8.92. The second kappa shape index (κ2) is 7.60. The van der Waals surface area contributed by atoms with Gasteiger partial charge in [-0.1, -0.05) is 36.8 Å². The number of aryl methyl sites for hydroxylation is 2. The van der Waals surface area contributed by atoms with E-state index in [1.165, 1.54) is 10.3 Å². The van der Waals surface area contributed by atoms with Gasteiger partial charge in [0.05, 0.1) is 16.0 Å². The van der Waals surface area contributed by atoms with Crippen LogP contribution in [0.3, 0.4) is 0 Å². The number of sulfonamides is 1. The molecule has 0 saturated carbocycles. The summed E-state index contributed by atoms with van der Waals surface area (Å²) < 4.78 is 33.4. The molecule has 1 aliphatic rings. The molecular weight excluding hydrogens is 356 g/mol. The summed E-state index contributed by atoms with van der Waals surface area (Å²) in [5.74, 6) is 0.255. The molecule has 0 unspecified atom stereocenters. The zero-order valence-electron chi connectivity index (χ0n) is 15.1. The lowest BCUT2D eigenvalue weighted by molar-refractivity contribution is 0.135. The van der Waals surface area contributed by atoms with Crippen LogP contribution < -0.4 is 4.74 Å². The molecule has 5 nitrogen and oxygen atoms in total. The van der Waals surface area contributed by atoms with Gasteiger partial charge in [0.15, 0.2) is 0 Å². The van der Waals surface area contributed by atoms with Crippen molar-refractivity contribution >= 4 is 31.6 Å². The molecule has 0 spiro atoms. The van der Waals surface area contributed by atoms with E-state index >= 15 is 0 Å². The highest BCUT2D eigenvalue weighted by atomic mass is 32.2. The Labute approximate surface area is 154 Å². The van der Waals surface area contributed by atoms with Crippen LogP contribution in [0.2, 0.25) is 0 Å². The van der Waals surface area contributed by atoms with Gasteiger partial charge in [-0.3, -0.25) is 0 Å². The Morgan fingerprint density at radius 3 is 2.56 bits per heavy atom. The van der Waals surface area contributed by atoms with Gasteiger partial charge in [-0.15, -0.1) is 0 Å². The maximum absolute atomic E-state index is 12.3. The van der Waals surface area contributed by atoms with Gasteiger partial charge < -0.3 is 4.74 Å². The maximum atomic E-state index is 12.3. The molecule has 2 heterocycles. The van der Waals surface area contributed by atoms with Crippen LogP contribution in [0, 0.1) is 13.8 Å². The molecule has 0 bridgehead atoms. The van der Waals surface area contributed by atoms with Crippen LogP contribution in [0.1, 0.15) is 43.7 Å². The third-order valence-electron chi connectivity index (χ3n) is 4.74. The van der Waals surface area contributed by atoms with E-state index < -0.39 is 10.0 Å². The predicted molar refractivity (Wildman–Crippen MR) is 103 cm³/mol. The molecule has 0 N–H and O–H groups in total. The van der Waals surface area contributed by atoms with Crippen LogP contribution in [0.5, 0.6) is 5.19 Å². The zero-order valence-corrected chi connectivity index (χ0v) is 16.8. The van der Waals surface area contributed by atoms with Crippen molar-refractivity contribution in [3.05, 3.63) is 23.3 Å². The molecule has 0 amide bonds. The van der Waals surface area contributed by atoms with Crippen LogP contribution in [-0.2, 0) is 10.0 Å². The van der Waals surface area contributed by atoms with Crippen LogP contribution >= 0.6 is 11.3 Å². The quantitative estimate of drug-likeness (QED) is 0.760. The molecule has 1 saturated heterocycles. The highest BCUT2D eigenvalue weighted by Gasteiger charge is 2.29. The number of rotatable bonds is 6. The number of benzene rings is 1. The summed E-state index contributed by atoms with van der Waals surface area (Å²) in [7, 11) is -3.11. The summed E-state index contributed by atoms with van der Waals surface area (Å²) in [6.45, 7) is 7.24. The van der Waals surface area contributed by atoms with Crippen molar-refractivity contribution in [2.75, 3.05) is 18.8 Å². The smallest absolute Gasteiger partial charge is 0.274 e.